The fraction of sp³-hybridized carbons (Fsp3) is 0.464. The van der Waals surface area contributed by atoms with E-state index in [1.807, 2.05) is 159 Å². The molecule has 724 valence electrons. The standard InChI is InChI=1S/C25H32N2O6S.C24H31N3O5S.C24H29N3O4S.C14H25N3O4.C10H7ClO2S/c1-16(2)12-20(15-34(31,32)21-9-8-17-6-4-5-7-18(17)13-21)24(29)27-22(25(30)33-3)14-19-10-11-26-23(19)28;1-15(2)11-19(24(30)27-21(22(25)28)13-18-9-10-26-23(18)29)14-33(31,32)20-8-7-16-5-3-4-6-17(16)12-20;1-16(2)11-20(24(29)27-21(14-25)12-19-9-10-26-23(19)28)15-32(30,31)22-8-7-17-5-3-4-6-18(17)13-22;1-8(2)6-10(15)13(19)17-11(14(20)21-3)7-9-4-5-16-12(9)18;11-14(12,13)10-6-5-8-3-1-2-4-9(8)7-10/h4-9,13,16,19-20,22H,10-12,14-15H2,1-3H3,(H,26,28)(H,27,29);3-8,12,15,18-19,21H,9-11,13-14H2,1-2H3,(H2,25,28)(H,26,29)(H,27,30);3-8,13,16,19-21H,9-12,15H2,1-2H3,(H,26,28)(H,27,29);8-11H,4-7,15H2,1-3H3,(H,16,18)(H,17,19);1-7H/t19-,20+,22-;18-,19+,21-;19-,20+,21-;9-,10-,11-;/m0000./s1. The number of hydrogen-bond donors (Lipinski definition) is 10. The van der Waals surface area contributed by atoms with Crippen molar-refractivity contribution in [1.29, 1.82) is 5.26 Å². The number of ether oxygens (including phenoxy) is 2. The number of nitrogens with two attached hydrogens (primary N) is 2. The van der Waals surface area contributed by atoms with Crippen LogP contribution in [-0.2, 0) is 101 Å². The van der Waals surface area contributed by atoms with Crippen molar-refractivity contribution in [2.75, 3.05) is 57.7 Å². The van der Waals surface area contributed by atoms with E-state index in [1.165, 1.54) is 20.3 Å². The maximum atomic E-state index is 13.2. The number of benzene rings is 8. The van der Waals surface area contributed by atoms with E-state index in [4.69, 9.17) is 31.6 Å². The largest absolute Gasteiger partial charge is 0.467 e. The lowest BCUT2D eigenvalue weighted by Gasteiger charge is -2.23. The van der Waals surface area contributed by atoms with Crippen molar-refractivity contribution >= 4 is 157 Å². The number of nitrogens with zero attached hydrogens (tertiary/aromatic N) is 1. The van der Waals surface area contributed by atoms with E-state index in [0.29, 0.717) is 77.5 Å². The van der Waals surface area contributed by atoms with Gasteiger partial charge >= 0.3 is 11.9 Å². The van der Waals surface area contributed by atoms with Gasteiger partial charge in [-0.3, -0.25) is 43.2 Å². The average Bonchev–Trinajstić information content (AvgIpc) is 1.16. The van der Waals surface area contributed by atoms with Crippen LogP contribution < -0.4 is 54.0 Å². The van der Waals surface area contributed by atoms with Gasteiger partial charge in [-0.1, -0.05) is 177 Å². The van der Waals surface area contributed by atoms with Gasteiger partial charge in [0.05, 0.1) is 80.9 Å². The number of sulfone groups is 3. The van der Waals surface area contributed by atoms with Gasteiger partial charge in [-0.05, 0) is 192 Å². The molecule has 0 bridgehead atoms. The summed E-state index contributed by atoms with van der Waals surface area (Å²) in [5.41, 5.74) is 11.3. The number of nitrogens with one attached hydrogen (secondary N) is 8. The molecule has 0 spiro atoms. The number of fused-ring (bicyclic) bond motifs is 4. The van der Waals surface area contributed by atoms with Crippen LogP contribution in [0.3, 0.4) is 0 Å². The van der Waals surface area contributed by atoms with Crippen LogP contribution in [0.2, 0.25) is 0 Å². The van der Waals surface area contributed by atoms with Crippen LogP contribution in [0, 0.1) is 76.4 Å². The molecule has 0 saturated carbocycles. The summed E-state index contributed by atoms with van der Waals surface area (Å²) < 4.78 is 111. The first-order valence-electron chi connectivity index (χ1n) is 44.8. The summed E-state index contributed by atoms with van der Waals surface area (Å²) in [7, 11) is -7.19. The van der Waals surface area contributed by atoms with Crippen LogP contribution in [0.4, 0.5) is 0 Å². The molecule has 9 amide bonds. The van der Waals surface area contributed by atoms with Gasteiger partial charge in [0.25, 0.3) is 9.05 Å². The highest BCUT2D eigenvalue weighted by Crippen LogP contribution is 2.31. The molecule has 4 aliphatic rings. The Kier molecular flexibility index (Phi) is 40.4. The smallest absolute Gasteiger partial charge is 0.328 e. The highest BCUT2D eigenvalue weighted by Gasteiger charge is 2.40. The zero-order valence-corrected chi connectivity index (χ0v) is 81.0. The third kappa shape index (κ3) is 32.7. The summed E-state index contributed by atoms with van der Waals surface area (Å²) in [6.07, 6.45) is 4.62. The molecule has 4 fully saturated rings. The number of amides is 9. The SMILES string of the molecule is CC(C)C[C@H](CS(=O)(=O)c1ccc2ccccc2c1)C(=O)N[C@@H](C[C@@H]1CCNC1=O)C(N)=O.CC(C)C[C@H](CS(=O)(=O)c1ccc2ccccc2c1)C(=O)N[C@H](C#N)C[C@@H]1CCNC1=O.COC(=O)[C@H](C[C@@H]1CCNC1=O)NC(=O)[C@@H](N)CC(C)C.COC(=O)[C@H](C[C@@H]1CCNC1=O)NC(=O)[C@H](CC(C)C)CS(=O)(=O)c1ccc2ccccc2c1.O=S(=O)(Cl)c1ccc2ccccc2c1. The van der Waals surface area contributed by atoms with Crippen LogP contribution in [-0.4, -0.2) is 187 Å². The number of hydrogen-bond acceptors (Lipinski definition) is 23. The summed E-state index contributed by atoms with van der Waals surface area (Å²) in [5.74, 6) is -8.99. The van der Waals surface area contributed by atoms with E-state index < -0.39 is 140 Å². The van der Waals surface area contributed by atoms with E-state index >= 15 is 0 Å². The lowest BCUT2D eigenvalue weighted by molar-refractivity contribution is -0.146. The van der Waals surface area contributed by atoms with Crippen LogP contribution >= 0.6 is 10.7 Å². The molecule has 8 aromatic rings. The number of carbonyl (C=O) groups is 11. The first-order valence-corrected chi connectivity index (χ1v) is 52.1. The Bertz CT molecular complexity index is 6060. The molecular weight excluding hydrogens is 1820 g/mol. The predicted octanol–water partition coefficient (Wildman–Crippen LogP) is 9.35. The molecule has 0 aliphatic carbocycles. The molecule has 4 aliphatic heterocycles. The number of rotatable bonds is 37. The van der Waals surface area contributed by atoms with Gasteiger partial charge in [-0.2, -0.15) is 5.26 Å². The monoisotopic (exact) mass is 1940 g/mol. The third-order valence-electron chi connectivity index (χ3n) is 23.4. The maximum Gasteiger partial charge on any atom is 0.328 e. The fourth-order valence-corrected chi connectivity index (χ4v) is 22.0. The molecule has 12 N–H and O–H groups in total. The van der Waals surface area contributed by atoms with Gasteiger partial charge in [0, 0.05) is 60.5 Å². The summed E-state index contributed by atoms with van der Waals surface area (Å²) in [6, 6.07) is 47.2. The molecule has 37 heteroatoms. The molecule has 0 aromatic heterocycles. The molecule has 12 rings (SSSR count). The van der Waals surface area contributed by atoms with Crippen molar-refractivity contribution in [2.24, 2.45) is 76.6 Å². The highest BCUT2D eigenvalue weighted by molar-refractivity contribution is 8.13. The number of esters is 2. The van der Waals surface area contributed by atoms with Gasteiger partial charge in [0.1, 0.15) is 24.2 Å². The molecule has 12 atom stereocenters. The lowest BCUT2D eigenvalue weighted by atomic mass is 9.95. The number of primary amides is 1. The van der Waals surface area contributed by atoms with E-state index in [0.717, 1.165) is 43.1 Å². The Morgan fingerprint density at radius 3 is 0.918 bits per heavy atom. The lowest BCUT2D eigenvalue weighted by Crippen LogP contribution is -2.50. The molecular formula is C97H124ClN11O21S4. The summed E-state index contributed by atoms with van der Waals surface area (Å²) in [5, 5.41) is 38.0. The summed E-state index contributed by atoms with van der Waals surface area (Å²) in [6.45, 7) is 17.6. The second-order valence-electron chi connectivity index (χ2n) is 35.9. The van der Waals surface area contributed by atoms with E-state index in [1.54, 1.807) is 66.7 Å². The van der Waals surface area contributed by atoms with Crippen molar-refractivity contribution in [1.82, 2.24) is 42.5 Å². The first-order chi connectivity index (χ1) is 63.3. The predicted molar refractivity (Wildman–Crippen MR) is 511 cm³/mol. The van der Waals surface area contributed by atoms with Crippen molar-refractivity contribution < 1.29 is 95.9 Å². The van der Waals surface area contributed by atoms with Gasteiger partial charge < -0.3 is 63.5 Å². The van der Waals surface area contributed by atoms with Gasteiger partial charge in [0.2, 0.25) is 53.2 Å². The summed E-state index contributed by atoms with van der Waals surface area (Å²) in [4.78, 5) is 135. The van der Waals surface area contributed by atoms with Crippen molar-refractivity contribution in [3.8, 4) is 6.07 Å². The zero-order valence-electron chi connectivity index (χ0n) is 77.0. The third-order valence-corrected chi connectivity index (χ3v) is 30.2. The van der Waals surface area contributed by atoms with Gasteiger partial charge in [0.15, 0.2) is 29.5 Å². The Balaban J connectivity index is 0.000000212. The average molecular weight is 1940 g/mol. The Hall–Kier alpha value is -11.5. The minimum Gasteiger partial charge on any atom is -0.467 e. The maximum absolute atomic E-state index is 13.2. The Morgan fingerprint density at radius 2 is 0.649 bits per heavy atom. The Morgan fingerprint density at radius 1 is 0.388 bits per heavy atom. The molecule has 0 unspecified atom stereocenters. The molecule has 4 heterocycles. The number of methoxy groups -OCH3 is 2. The topological polar surface area (TPSA) is 515 Å². The van der Waals surface area contributed by atoms with Crippen LogP contribution in [0.1, 0.15) is 132 Å². The number of halogens is 1. The van der Waals surface area contributed by atoms with Crippen molar-refractivity contribution in [3.63, 3.8) is 0 Å². The molecule has 32 nitrogen and oxygen atoms in total. The fourth-order valence-electron chi connectivity index (χ4n) is 16.4. The minimum absolute atomic E-state index is 0.0553. The minimum atomic E-state index is -3.78. The van der Waals surface area contributed by atoms with E-state index in [2.05, 4.69) is 42.5 Å². The Labute approximate surface area is 788 Å². The normalized spacial score (nSPS) is 17.8. The molecule has 4 saturated heterocycles. The second-order valence-corrected chi connectivity index (χ2v) is 44.6. The van der Waals surface area contributed by atoms with Gasteiger partial charge in [-0.15, -0.1) is 0 Å². The second kappa shape index (κ2) is 50.2. The van der Waals surface area contributed by atoms with Crippen LogP contribution in [0.25, 0.3) is 43.1 Å². The number of nitriles is 1. The van der Waals surface area contributed by atoms with Crippen LogP contribution in [0.15, 0.2) is 189 Å². The van der Waals surface area contributed by atoms with E-state index in [-0.39, 0.29) is 122 Å². The van der Waals surface area contributed by atoms with Crippen LogP contribution in [0.5, 0.6) is 0 Å². The molecule has 8 aromatic carbocycles. The van der Waals surface area contributed by atoms with Gasteiger partial charge in [-0.25, -0.2) is 43.3 Å². The molecule has 134 heavy (non-hydrogen) atoms. The first kappa shape index (κ1) is 108. The summed E-state index contributed by atoms with van der Waals surface area (Å²) >= 11 is 0. The van der Waals surface area contributed by atoms with Crippen molar-refractivity contribution in [2.45, 2.75) is 182 Å². The number of carbonyl (C=O) groups excluding carboxylic acids is 11. The van der Waals surface area contributed by atoms with Crippen molar-refractivity contribution in [3.05, 3.63) is 170 Å². The van der Waals surface area contributed by atoms with E-state index in [9.17, 15) is 91.7 Å². The highest BCUT2D eigenvalue weighted by atomic mass is 35.7. The zero-order chi connectivity index (χ0) is 98.5. The quantitative estimate of drug-likeness (QED) is 0.0128. The molecule has 0 radical (unpaired) electrons.